The fraction of sp³-hybridized carbons (Fsp3) is 0.200. The van der Waals surface area contributed by atoms with Crippen LogP contribution in [0.5, 0.6) is 0 Å². The Bertz CT molecular complexity index is 698. The van der Waals surface area contributed by atoms with Gasteiger partial charge < -0.3 is 0 Å². The first kappa shape index (κ1) is 10.2. The third kappa shape index (κ3) is 1.49. The summed E-state index contributed by atoms with van der Waals surface area (Å²) in [6.07, 6.45) is 1.72. The molecule has 0 atom stereocenters. The van der Waals surface area contributed by atoms with E-state index in [9.17, 15) is 0 Å². The van der Waals surface area contributed by atoms with E-state index in [0.29, 0.717) is 16.6 Å². The number of aromatic amines is 1. The van der Waals surface area contributed by atoms with Crippen LogP contribution in [0.4, 0.5) is 0 Å². The lowest BCUT2D eigenvalue weighted by atomic mass is 10.2. The maximum Gasteiger partial charge on any atom is 0.173 e. The van der Waals surface area contributed by atoms with Crippen molar-refractivity contribution in [3.63, 3.8) is 0 Å². The van der Waals surface area contributed by atoms with Gasteiger partial charge >= 0.3 is 0 Å². The number of hydrogen-bond acceptors (Lipinski definition) is 4. The van der Waals surface area contributed by atoms with Gasteiger partial charge in [0.2, 0.25) is 0 Å². The van der Waals surface area contributed by atoms with Gasteiger partial charge in [0.05, 0.1) is 11.8 Å². The molecule has 0 saturated carbocycles. The number of nitrogens with one attached hydrogen (secondary N) is 1. The highest BCUT2D eigenvalue weighted by Gasteiger charge is 2.14. The first-order valence-electron chi connectivity index (χ1n) is 5.05. The van der Waals surface area contributed by atoms with Gasteiger partial charge in [0.1, 0.15) is 11.0 Å². The number of aromatic nitrogens is 6. The minimum atomic E-state index is 0.415. The lowest BCUT2D eigenvalue weighted by Crippen LogP contribution is -1.98. The molecule has 7 heteroatoms. The molecule has 17 heavy (non-hydrogen) atoms. The van der Waals surface area contributed by atoms with E-state index in [0.717, 1.165) is 17.1 Å². The van der Waals surface area contributed by atoms with Crippen LogP contribution in [0.15, 0.2) is 12.3 Å². The van der Waals surface area contributed by atoms with Gasteiger partial charge in [0, 0.05) is 11.8 Å². The summed E-state index contributed by atoms with van der Waals surface area (Å²) >= 11 is 5.88. The topological polar surface area (TPSA) is 71.8 Å². The van der Waals surface area contributed by atoms with E-state index in [4.69, 9.17) is 11.6 Å². The zero-order valence-corrected chi connectivity index (χ0v) is 10.0. The van der Waals surface area contributed by atoms with E-state index in [-0.39, 0.29) is 0 Å². The lowest BCUT2D eigenvalue weighted by molar-refractivity contribution is 0.986. The molecule has 86 valence electrons. The molecular weight excluding hydrogens is 240 g/mol. The molecule has 0 unspecified atom stereocenters. The van der Waals surface area contributed by atoms with Crippen molar-refractivity contribution in [2.75, 3.05) is 0 Å². The molecule has 0 aromatic carbocycles. The Balaban J connectivity index is 2.36. The molecular formula is C10H9ClN6. The molecule has 0 aliphatic heterocycles. The Morgan fingerprint density at radius 1 is 1.29 bits per heavy atom. The molecule has 0 radical (unpaired) electrons. The Morgan fingerprint density at radius 3 is 2.82 bits per heavy atom. The molecule has 0 aliphatic carbocycles. The van der Waals surface area contributed by atoms with Gasteiger partial charge in [0.25, 0.3) is 0 Å². The summed E-state index contributed by atoms with van der Waals surface area (Å²) in [5.41, 5.74) is 2.52. The summed E-state index contributed by atoms with van der Waals surface area (Å²) in [5.74, 6) is 1.46. The number of fused-ring (bicyclic) bond motifs is 1. The van der Waals surface area contributed by atoms with E-state index in [1.54, 1.807) is 12.3 Å². The maximum atomic E-state index is 5.88. The molecule has 3 aromatic heterocycles. The highest BCUT2D eigenvalue weighted by Crippen LogP contribution is 2.22. The van der Waals surface area contributed by atoms with Crippen LogP contribution in [0, 0.1) is 13.8 Å². The average Bonchev–Trinajstić information content (AvgIpc) is 2.83. The summed E-state index contributed by atoms with van der Waals surface area (Å²) < 4.78 is 1.85. The van der Waals surface area contributed by atoms with Crippen molar-refractivity contribution >= 4 is 17.2 Å². The van der Waals surface area contributed by atoms with Crippen LogP contribution in [-0.4, -0.2) is 29.8 Å². The zero-order chi connectivity index (χ0) is 12.0. The van der Waals surface area contributed by atoms with E-state index >= 15 is 0 Å². The number of aryl methyl sites for hydroxylation is 2. The molecule has 0 spiro atoms. The summed E-state index contributed by atoms with van der Waals surface area (Å²) in [5, 5.41) is 15.5. The van der Waals surface area contributed by atoms with Crippen molar-refractivity contribution in [2.45, 2.75) is 13.8 Å². The Labute approximate surface area is 102 Å². The number of nitrogens with zero attached hydrogens (tertiary/aromatic N) is 5. The standard InChI is InChI=1S/C10H9ClN6/c1-5-7(4-12-14-5)10-16-15-9-3-8(11)13-6(2)17(9)10/h3-4H,1-2H3,(H,12,14). The monoisotopic (exact) mass is 248 g/mol. The molecule has 0 aliphatic rings. The van der Waals surface area contributed by atoms with Gasteiger partial charge in [0.15, 0.2) is 11.5 Å². The molecule has 3 heterocycles. The normalized spacial score (nSPS) is 11.2. The fourth-order valence-corrected chi connectivity index (χ4v) is 2.02. The van der Waals surface area contributed by atoms with Gasteiger partial charge in [-0.15, -0.1) is 10.2 Å². The minimum absolute atomic E-state index is 0.415. The van der Waals surface area contributed by atoms with Crippen molar-refractivity contribution in [1.82, 2.24) is 29.8 Å². The van der Waals surface area contributed by atoms with Crippen molar-refractivity contribution in [3.8, 4) is 11.4 Å². The van der Waals surface area contributed by atoms with E-state index < -0.39 is 0 Å². The van der Waals surface area contributed by atoms with Gasteiger partial charge in [-0.3, -0.25) is 9.50 Å². The molecule has 3 aromatic rings. The van der Waals surface area contributed by atoms with Crippen molar-refractivity contribution in [2.24, 2.45) is 0 Å². The van der Waals surface area contributed by atoms with Gasteiger partial charge in [-0.1, -0.05) is 11.6 Å². The van der Waals surface area contributed by atoms with Crippen LogP contribution < -0.4 is 0 Å². The Kier molecular flexibility index (Phi) is 2.12. The summed E-state index contributed by atoms with van der Waals surface area (Å²) in [6, 6.07) is 1.68. The molecule has 0 fully saturated rings. The predicted octanol–water partition coefficient (Wildman–Crippen LogP) is 1.78. The van der Waals surface area contributed by atoms with Gasteiger partial charge in [-0.2, -0.15) is 5.10 Å². The van der Waals surface area contributed by atoms with Crippen LogP contribution in [0.2, 0.25) is 5.15 Å². The highest BCUT2D eigenvalue weighted by molar-refractivity contribution is 6.29. The second-order valence-corrected chi connectivity index (χ2v) is 4.14. The predicted molar refractivity (Wildman–Crippen MR) is 62.8 cm³/mol. The third-order valence-corrected chi connectivity index (χ3v) is 2.79. The van der Waals surface area contributed by atoms with Crippen LogP contribution in [0.3, 0.4) is 0 Å². The van der Waals surface area contributed by atoms with Crippen LogP contribution in [-0.2, 0) is 0 Å². The van der Waals surface area contributed by atoms with Crippen LogP contribution in [0.1, 0.15) is 11.5 Å². The highest BCUT2D eigenvalue weighted by atomic mass is 35.5. The van der Waals surface area contributed by atoms with Crippen LogP contribution >= 0.6 is 11.6 Å². The first-order chi connectivity index (χ1) is 8.16. The van der Waals surface area contributed by atoms with E-state index in [1.165, 1.54) is 0 Å². The van der Waals surface area contributed by atoms with E-state index in [2.05, 4.69) is 25.4 Å². The first-order valence-corrected chi connectivity index (χ1v) is 5.43. The molecule has 0 amide bonds. The number of hydrogen-bond donors (Lipinski definition) is 1. The summed E-state index contributed by atoms with van der Waals surface area (Å²) in [4.78, 5) is 4.19. The Hall–Kier alpha value is -1.95. The van der Waals surface area contributed by atoms with Crippen molar-refractivity contribution < 1.29 is 0 Å². The lowest BCUT2D eigenvalue weighted by Gasteiger charge is -2.02. The molecule has 1 N–H and O–H groups in total. The molecule has 0 saturated heterocycles. The van der Waals surface area contributed by atoms with E-state index in [1.807, 2.05) is 18.2 Å². The zero-order valence-electron chi connectivity index (χ0n) is 9.27. The summed E-state index contributed by atoms with van der Waals surface area (Å²) in [6.45, 7) is 3.79. The quantitative estimate of drug-likeness (QED) is 0.667. The van der Waals surface area contributed by atoms with Gasteiger partial charge in [-0.25, -0.2) is 4.98 Å². The second-order valence-electron chi connectivity index (χ2n) is 3.75. The average molecular weight is 249 g/mol. The Morgan fingerprint density at radius 2 is 2.12 bits per heavy atom. The fourth-order valence-electron chi connectivity index (χ4n) is 1.80. The summed E-state index contributed by atoms with van der Waals surface area (Å²) in [7, 11) is 0. The minimum Gasteiger partial charge on any atom is -0.282 e. The molecule has 6 nitrogen and oxygen atoms in total. The number of rotatable bonds is 1. The van der Waals surface area contributed by atoms with Crippen molar-refractivity contribution in [3.05, 3.63) is 28.9 Å². The van der Waals surface area contributed by atoms with Crippen LogP contribution in [0.25, 0.3) is 17.0 Å². The number of halogens is 1. The van der Waals surface area contributed by atoms with Gasteiger partial charge in [-0.05, 0) is 13.8 Å². The smallest absolute Gasteiger partial charge is 0.173 e. The largest absolute Gasteiger partial charge is 0.282 e. The SMILES string of the molecule is Cc1[nH]ncc1-c1nnc2cc(Cl)nc(C)n12. The third-order valence-electron chi connectivity index (χ3n) is 2.60. The maximum absolute atomic E-state index is 5.88. The van der Waals surface area contributed by atoms with Crippen molar-refractivity contribution in [1.29, 1.82) is 0 Å². The number of H-pyrrole nitrogens is 1. The second kappa shape index (κ2) is 3.53. The molecule has 0 bridgehead atoms. The molecule has 3 rings (SSSR count).